The fourth-order valence-electron chi connectivity index (χ4n) is 0.965. The minimum absolute atomic E-state index is 0.00146. The van der Waals surface area contributed by atoms with Crippen molar-refractivity contribution in [3.8, 4) is 0 Å². The first kappa shape index (κ1) is 14.2. The number of alkyl halides is 1. The Morgan fingerprint density at radius 3 is 2.61 bits per heavy atom. The van der Waals surface area contributed by atoms with Gasteiger partial charge in [-0.1, -0.05) is 35.3 Å². The molecule has 18 heavy (non-hydrogen) atoms. The predicted molar refractivity (Wildman–Crippen MR) is 63.3 cm³/mol. The molecule has 1 atom stereocenters. The topological polar surface area (TPSA) is 102 Å². The first-order valence-electron chi connectivity index (χ1n) is 4.43. The average molecular weight is 293 g/mol. The van der Waals surface area contributed by atoms with Crippen molar-refractivity contribution >= 4 is 35.0 Å². The van der Waals surface area contributed by atoms with E-state index in [-0.39, 0.29) is 10.6 Å². The molecule has 0 aliphatic heterocycles. The number of hydrogen-bond donors (Lipinski definition) is 1. The Hall–Kier alpha value is -1.86. The normalized spacial score (nSPS) is 12.9. The van der Waals surface area contributed by atoms with Crippen LogP contribution in [0.2, 0.25) is 5.02 Å². The minimum atomic E-state index is -1.82. The number of nitro groups is 1. The highest BCUT2D eigenvalue weighted by Crippen LogP contribution is 2.16. The molecule has 0 aliphatic rings. The number of carboxylic acid groups (broad SMARTS) is 1. The first-order chi connectivity index (χ1) is 8.43. The number of benzene rings is 1. The molecular weight excluding hydrogens is 287 g/mol. The molecule has 1 unspecified atom stereocenters. The monoisotopic (exact) mass is 292 g/mol. The van der Waals surface area contributed by atoms with Crippen molar-refractivity contribution in [2.75, 3.05) is 0 Å². The van der Waals surface area contributed by atoms with E-state index < -0.39 is 22.3 Å². The average Bonchev–Trinajstić information content (AvgIpc) is 2.30. The molecule has 0 amide bonds. The van der Waals surface area contributed by atoms with Crippen LogP contribution in [0.15, 0.2) is 29.4 Å². The van der Waals surface area contributed by atoms with Gasteiger partial charge in [0.1, 0.15) is 0 Å². The second-order valence-corrected chi connectivity index (χ2v) is 3.72. The van der Waals surface area contributed by atoms with Crippen LogP contribution >= 0.6 is 23.2 Å². The summed E-state index contributed by atoms with van der Waals surface area (Å²) < 4.78 is 0. The van der Waals surface area contributed by atoms with E-state index in [0.717, 1.165) is 0 Å². The lowest BCUT2D eigenvalue weighted by molar-refractivity contribution is -0.351. The summed E-state index contributed by atoms with van der Waals surface area (Å²) in [6.45, 7) is 0. The van der Waals surface area contributed by atoms with Crippen LogP contribution in [0.5, 0.6) is 0 Å². The highest BCUT2D eigenvalue weighted by Gasteiger charge is 2.24. The van der Waals surface area contributed by atoms with Crippen LogP contribution in [-0.4, -0.2) is 27.4 Å². The van der Waals surface area contributed by atoms with Gasteiger partial charge in [-0.15, -0.1) is 0 Å². The summed E-state index contributed by atoms with van der Waals surface area (Å²) in [5.41, 5.74) is -1.82. The van der Waals surface area contributed by atoms with E-state index >= 15 is 0 Å². The quantitative estimate of drug-likeness (QED) is 0.300. The Morgan fingerprint density at radius 2 is 2.11 bits per heavy atom. The van der Waals surface area contributed by atoms with E-state index in [1.165, 1.54) is 18.2 Å². The molecule has 0 heterocycles. The number of amidine groups is 1. The number of hydrogen-bond acceptors (Lipinski definition) is 5. The van der Waals surface area contributed by atoms with Crippen molar-refractivity contribution in [3.05, 3.63) is 45.0 Å². The first-order valence-corrected chi connectivity index (χ1v) is 5.25. The van der Waals surface area contributed by atoms with Gasteiger partial charge in [0.05, 0.1) is 10.6 Å². The van der Waals surface area contributed by atoms with Gasteiger partial charge in [-0.05, 0) is 17.1 Å². The highest BCUT2D eigenvalue weighted by atomic mass is 35.5. The molecule has 1 aromatic carbocycles. The maximum Gasteiger partial charge on any atom is 0.418 e. The third-order valence-electron chi connectivity index (χ3n) is 1.71. The fourth-order valence-corrected chi connectivity index (χ4v) is 1.22. The number of rotatable bonds is 4. The molecular formula is C9H6Cl2N2O5. The van der Waals surface area contributed by atoms with Crippen LogP contribution in [0.4, 0.5) is 0 Å². The number of carboxylic acids is 1. The van der Waals surface area contributed by atoms with E-state index in [2.05, 4.69) is 9.99 Å². The van der Waals surface area contributed by atoms with Crippen LogP contribution in [0, 0.1) is 10.1 Å². The predicted octanol–water partition coefficient (Wildman–Crippen LogP) is 1.94. The van der Waals surface area contributed by atoms with Crippen molar-refractivity contribution < 1.29 is 19.7 Å². The number of aliphatic carboxylic acids is 1. The van der Waals surface area contributed by atoms with Crippen LogP contribution < -0.4 is 0 Å². The fraction of sp³-hybridized carbons (Fsp3) is 0.111. The summed E-state index contributed by atoms with van der Waals surface area (Å²) in [5.74, 6) is -2.24. The zero-order valence-electron chi connectivity index (χ0n) is 8.62. The smallest absolute Gasteiger partial charge is 0.418 e. The number of nitrogens with zero attached hydrogens (tertiary/aromatic N) is 2. The number of carbonyl (C=O) groups is 1. The lowest BCUT2D eigenvalue weighted by Gasteiger charge is -2.01. The van der Waals surface area contributed by atoms with Crippen LogP contribution in [0.1, 0.15) is 5.56 Å². The molecule has 0 spiro atoms. The lowest BCUT2D eigenvalue weighted by Crippen LogP contribution is -2.19. The van der Waals surface area contributed by atoms with E-state index in [1.807, 2.05) is 0 Å². The van der Waals surface area contributed by atoms with E-state index in [9.17, 15) is 14.9 Å². The second kappa shape index (κ2) is 6.18. The van der Waals surface area contributed by atoms with Crippen molar-refractivity contribution in [1.29, 1.82) is 0 Å². The van der Waals surface area contributed by atoms with E-state index in [4.69, 9.17) is 28.3 Å². The van der Waals surface area contributed by atoms with Crippen molar-refractivity contribution in [1.82, 2.24) is 0 Å². The summed E-state index contributed by atoms with van der Waals surface area (Å²) in [6, 6.07) is 5.85. The van der Waals surface area contributed by atoms with Gasteiger partial charge < -0.3 is 15.2 Å². The molecule has 1 rings (SSSR count). The van der Waals surface area contributed by atoms with Crippen molar-refractivity contribution in [2.24, 2.45) is 5.16 Å². The summed E-state index contributed by atoms with van der Waals surface area (Å²) in [5, 5.41) is 22.4. The van der Waals surface area contributed by atoms with Gasteiger partial charge in [-0.2, -0.15) is 0 Å². The maximum absolute atomic E-state index is 10.8. The number of halogens is 2. The van der Waals surface area contributed by atoms with Gasteiger partial charge in [-0.25, -0.2) is 4.79 Å². The Kier molecular flexibility index (Phi) is 4.87. The molecule has 96 valence electrons. The molecule has 0 saturated carbocycles. The third-order valence-corrected chi connectivity index (χ3v) is 2.31. The maximum atomic E-state index is 10.8. The molecule has 0 radical (unpaired) electrons. The SMILES string of the molecule is O=C(O)C(Cl)ON=C(c1ccccc1Cl)[N+](=O)[O-]. The molecule has 0 fully saturated rings. The van der Waals surface area contributed by atoms with Gasteiger partial charge in [-0.3, -0.25) is 4.84 Å². The summed E-state index contributed by atoms with van der Waals surface area (Å²) in [6.07, 6.45) is 0. The van der Waals surface area contributed by atoms with Crippen LogP contribution in [0.3, 0.4) is 0 Å². The van der Waals surface area contributed by atoms with Gasteiger partial charge >= 0.3 is 17.4 Å². The van der Waals surface area contributed by atoms with Gasteiger partial charge in [0.2, 0.25) is 0 Å². The van der Waals surface area contributed by atoms with Gasteiger partial charge in [0, 0.05) is 0 Å². The van der Waals surface area contributed by atoms with Crippen LogP contribution in [0.25, 0.3) is 0 Å². The summed E-state index contributed by atoms with van der Waals surface area (Å²) >= 11 is 11.0. The second-order valence-electron chi connectivity index (χ2n) is 2.91. The standard InChI is InChI=1S/C9H6Cl2N2O5/c10-6-4-2-1-3-5(6)8(13(16)17)12-18-7(11)9(14)15/h1-4,7H,(H,14,15). The van der Waals surface area contributed by atoms with Gasteiger partial charge in [0.25, 0.3) is 0 Å². The highest BCUT2D eigenvalue weighted by molar-refractivity contribution is 6.33. The Bertz CT molecular complexity index is 505. The molecule has 0 bridgehead atoms. The molecule has 1 aromatic rings. The Balaban J connectivity index is 3.04. The molecule has 0 saturated heterocycles. The molecule has 1 N–H and O–H groups in total. The molecule has 0 aromatic heterocycles. The number of oxime groups is 1. The summed E-state index contributed by atoms with van der Waals surface area (Å²) in [4.78, 5) is 24.6. The van der Waals surface area contributed by atoms with Crippen molar-refractivity contribution in [2.45, 2.75) is 5.56 Å². The van der Waals surface area contributed by atoms with Crippen LogP contribution in [-0.2, 0) is 9.63 Å². The lowest BCUT2D eigenvalue weighted by atomic mass is 10.2. The van der Waals surface area contributed by atoms with E-state index in [1.54, 1.807) is 6.07 Å². The summed E-state index contributed by atoms with van der Waals surface area (Å²) in [7, 11) is 0. The molecule has 7 nitrogen and oxygen atoms in total. The zero-order valence-corrected chi connectivity index (χ0v) is 10.1. The molecule has 9 heteroatoms. The minimum Gasteiger partial charge on any atom is -0.477 e. The van der Waals surface area contributed by atoms with Gasteiger partial charge in [0.15, 0.2) is 5.16 Å². The largest absolute Gasteiger partial charge is 0.477 e. The zero-order chi connectivity index (χ0) is 13.7. The molecule has 0 aliphatic carbocycles. The van der Waals surface area contributed by atoms with Crippen molar-refractivity contribution in [3.63, 3.8) is 0 Å². The Labute approximate surface area is 111 Å². The van der Waals surface area contributed by atoms with E-state index in [0.29, 0.717) is 0 Å². The third kappa shape index (κ3) is 3.57. The Morgan fingerprint density at radius 1 is 1.50 bits per heavy atom.